The third kappa shape index (κ3) is 4.13. The number of carbonyl (C=O) groups excluding carboxylic acids is 1. The number of hydrogen-bond acceptors (Lipinski definition) is 8. The van der Waals surface area contributed by atoms with Crippen molar-refractivity contribution in [2.45, 2.75) is 6.92 Å². The number of hydrogen-bond donors (Lipinski definition) is 2. The summed E-state index contributed by atoms with van der Waals surface area (Å²) >= 11 is 3.35. The molecule has 26 heavy (non-hydrogen) atoms. The highest BCUT2D eigenvalue weighted by Gasteiger charge is 2.24. The lowest BCUT2D eigenvalue weighted by Crippen LogP contribution is -2.49. The third-order valence-electron chi connectivity index (χ3n) is 3.94. The largest absolute Gasteiger partial charge is 0.450 e. The Labute approximate surface area is 159 Å². The molecule has 3 rings (SSSR count). The van der Waals surface area contributed by atoms with Crippen molar-refractivity contribution in [1.29, 1.82) is 0 Å². The van der Waals surface area contributed by atoms with Crippen molar-refractivity contribution in [1.82, 2.24) is 19.9 Å². The first kappa shape index (κ1) is 18.2. The number of pyridine rings is 1. The average Bonchev–Trinajstić information content (AvgIpc) is 2.66. The van der Waals surface area contributed by atoms with Crippen LogP contribution in [0.3, 0.4) is 0 Å². The van der Waals surface area contributed by atoms with Crippen molar-refractivity contribution in [3.63, 3.8) is 0 Å². The molecule has 1 amide bonds. The molecule has 3 N–H and O–H groups in total. The molecule has 2 aromatic rings. The number of ether oxygens (including phenoxy) is 1. The standard InChI is InChI=1S/C16H20BrN7O2/c1-2-26-16(25)24-7-5-23(6-8-24)15-13(18)14(20-10-21-15)22-12-4-3-11(17)9-19-12/h3-4,9-10H,2,5-8,18H2,1H3,(H,19,20,21,22). The predicted octanol–water partition coefficient (Wildman–Crippen LogP) is 2.24. The van der Waals surface area contributed by atoms with Crippen LogP contribution >= 0.6 is 15.9 Å². The number of carbonyl (C=O) groups is 1. The Hall–Kier alpha value is -2.62. The highest BCUT2D eigenvalue weighted by Crippen LogP contribution is 2.28. The van der Waals surface area contributed by atoms with Crippen LogP contribution in [-0.4, -0.2) is 58.7 Å². The summed E-state index contributed by atoms with van der Waals surface area (Å²) in [5.74, 6) is 1.78. The maximum absolute atomic E-state index is 11.8. The van der Waals surface area contributed by atoms with Gasteiger partial charge in [0.1, 0.15) is 17.8 Å². The molecule has 0 aromatic carbocycles. The van der Waals surface area contributed by atoms with Gasteiger partial charge in [-0.05, 0) is 35.0 Å². The second-order valence-electron chi connectivity index (χ2n) is 5.62. The summed E-state index contributed by atoms with van der Waals surface area (Å²) in [6, 6.07) is 3.70. The fourth-order valence-electron chi connectivity index (χ4n) is 2.62. The van der Waals surface area contributed by atoms with Gasteiger partial charge in [-0.2, -0.15) is 0 Å². The van der Waals surface area contributed by atoms with E-state index in [1.165, 1.54) is 6.33 Å². The van der Waals surface area contributed by atoms with Crippen LogP contribution in [0.25, 0.3) is 0 Å². The summed E-state index contributed by atoms with van der Waals surface area (Å²) in [6.07, 6.45) is 2.87. The zero-order valence-corrected chi connectivity index (χ0v) is 15.9. The second-order valence-corrected chi connectivity index (χ2v) is 6.53. The topological polar surface area (TPSA) is 110 Å². The maximum Gasteiger partial charge on any atom is 0.409 e. The Morgan fingerprint density at radius 3 is 2.69 bits per heavy atom. The van der Waals surface area contributed by atoms with Gasteiger partial charge in [0.25, 0.3) is 0 Å². The molecule has 3 heterocycles. The van der Waals surface area contributed by atoms with Crippen LogP contribution in [0, 0.1) is 0 Å². The monoisotopic (exact) mass is 421 g/mol. The molecular formula is C16H20BrN7O2. The molecule has 9 nitrogen and oxygen atoms in total. The lowest BCUT2D eigenvalue weighted by Gasteiger charge is -2.35. The van der Waals surface area contributed by atoms with Crippen LogP contribution in [0.5, 0.6) is 0 Å². The van der Waals surface area contributed by atoms with Gasteiger partial charge in [-0.1, -0.05) is 0 Å². The number of halogens is 1. The Balaban J connectivity index is 1.70. The second kappa shape index (κ2) is 8.17. The molecule has 0 spiro atoms. The molecule has 2 aromatic heterocycles. The van der Waals surface area contributed by atoms with Crippen molar-refractivity contribution in [3.05, 3.63) is 29.1 Å². The molecule has 0 unspecified atom stereocenters. The van der Waals surface area contributed by atoms with Gasteiger partial charge >= 0.3 is 6.09 Å². The lowest BCUT2D eigenvalue weighted by atomic mass is 10.3. The minimum atomic E-state index is -0.286. The van der Waals surface area contributed by atoms with Crippen LogP contribution in [0.1, 0.15) is 6.92 Å². The number of amides is 1. The zero-order chi connectivity index (χ0) is 18.5. The lowest BCUT2D eigenvalue weighted by molar-refractivity contribution is 0.105. The first-order valence-corrected chi connectivity index (χ1v) is 9.03. The SMILES string of the molecule is CCOC(=O)N1CCN(c2ncnc(Nc3ccc(Br)cn3)c2N)CC1. The van der Waals surface area contributed by atoms with E-state index in [4.69, 9.17) is 10.5 Å². The number of nitrogen functional groups attached to an aromatic ring is 1. The number of nitrogens with two attached hydrogens (primary N) is 1. The van der Waals surface area contributed by atoms with Crippen molar-refractivity contribution < 1.29 is 9.53 Å². The van der Waals surface area contributed by atoms with Crippen LogP contribution in [-0.2, 0) is 4.74 Å². The predicted molar refractivity (Wildman–Crippen MR) is 102 cm³/mol. The number of rotatable bonds is 4. The van der Waals surface area contributed by atoms with E-state index in [0.29, 0.717) is 55.9 Å². The number of piperazine rings is 1. The Kier molecular flexibility index (Phi) is 5.71. The number of aromatic nitrogens is 3. The smallest absolute Gasteiger partial charge is 0.409 e. The van der Waals surface area contributed by atoms with Gasteiger partial charge in [-0.15, -0.1) is 0 Å². The molecule has 0 atom stereocenters. The highest BCUT2D eigenvalue weighted by atomic mass is 79.9. The molecular weight excluding hydrogens is 402 g/mol. The molecule has 1 saturated heterocycles. The molecule has 138 valence electrons. The summed E-state index contributed by atoms with van der Waals surface area (Å²) in [7, 11) is 0. The molecule has 10 heteroatoms. The summed E-state index contributed by atoms with van der Waals surface area (Å²) in [6.45, 7) is 4.52. The first-order chi connectivity index (χ1) is 12.6. The van der Waals surface area contributed by atoms with Crippen molar-refractivity contribution in [2.24, 2.45) is 0 Å². The van der Waals surface area contributed by atoms with E-state index in [-0.39, 0.29) is 6.09 Å². The van der Waals surface area contributed by atoms with E-state index in [2.05, 4.69) is 36.2 Å². The van der Waals surface area contributed by atoms with Crippen LogP contribution < -0.4 is 16.0 Å². The van der Waals surface area contributed by atoms with E-state index >= 15 is 0 Å². The van der Waals surface area contributed by atoms with Crippen molar-refractivity contribution >= 4 is 45.2 Å². The van der Waals surface area contributed by atoms with Gasteiger partial charge < -0.3 is 25.6 Å². The highest BCUT2D eigenvalue weighted by molar-refractivity contribution is 9.10. The Bertz CT molecular complexity index is 764. The van der Waals surface area contributed by atoms with Gasteiger partial charge in [0, 0.05) is 36.8 Å². The Morgan fingerprint density at radius 2 is 2.04 bits per heavy atom. The molecule has 1 aliphatic rings. The minimum Gasteiger partial charge on any atom is -0.450 e. The summed E-state index contributed by atoms with van der Waals surface area (Å²) in [4.78, 5) is 28.3. The zero-order valence-electron chi connectivity index (χ0n) is 14.4. The summed E-state index contributed by atoms with van der Waals surface area (Å²) < 4.78 is 5.93. The van der Waals surface area contributed by atoms with Gasteiger partial charge in [0.2, 0.25) is 0 Å². The average molecular weight is 422 g/mol. The van der Waals surface area contributed by atoms with Crippen LogP contribution in [0.15, 0.2) is 29.1 Å². The first-order valence-electron chi connectivity index (χ1n) is 8.24. The van der Waals surface area contributed by atoms with Gasteiger partial charge in [-0.25, -0.2) is 19.7 Å². The molecule has 0 saturated carbocycles. The number of anilines is 4. The van der Waals surface area contributed by atoms with Crippen molar-refractivity contribution in [2.75, 3.05) is 48.7 Å². The fraction of sp³-hybridized carbons (Fsp3) is 0.375. The third-order valence-corrected chi connectivity index (χ3v) is 4.41. The Morgan fingerprint density at radius 1 is 1.27 bits per heavy atom. The molecule has 0 radical (unpaired) electrons. The van der Waals surface area contributed by atoms with E-state index in [1.54, 1.807) is 18.0 Å². The maximum atomic E-state index is 11.8. The molecule has 1 fully saturated rings. The quantitative estimate of drug-likeness (QED) is 0.772. The van der Waals surface area contributed by atoms with Gasteiger partial charge in [-0.3, -0.25) is 0 Å². The number of nitrogens with one attached hydrogen (secondary N) is 1. The van der Waals surface area contributed by atoms with Crippen molar-refractivity contribution in [3.8, 4) is 0 Å². The minimum absolute atomic E-state index is 0.286. The van der Waals surface area contributed by atoms with Gasteiger partial charge in [0.15, 0.2) is 11.6 Å². The normalized spacial score (nSPS) is 14.2. The van der Waals surface area contributed by atoms with Crippen LogP contribution in [0.2, 0.25) is 0 Å². The molecule has 1 aliphatic heterocycles. The van der Waals surface area contributed by atoms with Crippen LogP contribution in [0.4, 0.5) is 27.9 Å². The molecule has 0 aliphatic carbocycles. The summed E-state index contributed by atoms with van der Waals surface area (Å²) in [5, 5.41) is 3.10. The molecule has 0 bridgehead atoms. The van der Waals surface area contributed by atoms with E-state index in [0.717, 1.165) is 4.47 Å². The summed E-state index contributed by atoms with van der Waals surface area (Å²) in [5.41, 5.74) is 6.71. The van der Waals surface area contributed by atoms with E-state index < -0.39 is 0 Å². The number of nitrogens with zero attached hydrogens (tertiary/aromatic N) is 5. The fourth-order valence-corrected chi connectivity index (χ4v) is 2.86. The van der Waals surface area contributed by atoms with E-state index in [9.17, 15) is 4.79 Å². The van der Waals surface area contributed by atoms with E-state index in [1.807, 2.05) is 17.0 Å². The van der Waals surface area contributed by atoms with Gasteiger partial charge in [0.05, 0.1) is 6.61 Å².